The van der Waals surface area contributed by atoms with E-state index in [-0.39, 0.29) is 40.9 Å². The van der Waals surface area contributed by atoms with Gasteiger partial charge in [0.25, 0.3) is 5.91 Å². The van der Waals surface area contributed by atoms with Gasteiger partial charge in [-0.05, 0) is 31.9 Å². The molecule has 4 aromatic rings. The van der Waals surface area contributed by atoms with E-state index in [1.165, 1.54) is 23.3 Å². The van der Waals surface area contributed by atoms with Crippen molar-refractivity contribution < 1.29 is 18.3 Å². The molecule has 0 aliphatic heterocycles. The van der Waals surface area contributed by atoms with Gasteiger partial charge >= 0.3 is 0 Å². The molecule has 5 rings (SSSR count). The molecule has 37 heavy (non-hydrogen) atoms. The average Bonchev–Trinajstić information content (AvgIpc) is 3.65. The lowest BCUT2D eigenvalue weighted by Crippen LogP contribution is -2.14. The SMILES string of the molecule is CCOc1cc(F)c(Cn2nc(-c3nccc(Nc4ccncc4C(N)=O)n3)c(Cl)c2C2CC2)c(F)c1. The lowest BCUT2D eigenvalue weighted by molar-refractivity contribution is 0.100. The van der Waals surface area contributed by atoms with E-state index in [2.05, 4.69) is 25.4 Å². The number of nitrogens with two attached hydrogens (primary N) is 1. The summed E-state index contributed by atoms with van der Waals surface area (Å²) in [5.74, 6) is -1.30. The molecule has 9 nitrogen and oxygen atoms in total. The molecule has 3 N–H and O–H groups in total. The number of carbonyl (C=O) groups excluding carboxylic acids is 1. The summed E-state index contributed by atoms with van der Waals surface area (Å²) in [6.07, 6.45) is 6.15. The van der Waals surface area contributed by atoms with Crippen LogP contribution in [0.15, 0.2) is 42.9 Å². The van der Waals surface area contributed by atoms with Crippen LogP contribution in [0, 0.1) is 11.6 Å². The molecule has 3 aromatic heterocycles. The number of primary amides is 1. The zero-order valence-electron chi connectivity index (χ0n) is 19.7. The molecule has 0 saturated heterocycles. The van der Waals surface area contributed by atoms with Crippen molar-refractivity contribution in [3.8, 4) is 17.3 Å². The highest BCUT2D eigenvalue weighted by Gasteiger charge is 2.33. The number of hydrogen-bond acceptors (Lipinski definition) is 7. The fourth-order valence-electron chi connectivity index (χ4n) is 3.97. The van der Waals surface area contributed by atoms with Crippen LogP contribution in [0.1, 0.15) is 47.3 Å². The van der Waals surface area contributed by atoms with Crippen molar-refractivity contribution in [1.29, 1.82) is 0 Å². The quantitative estimate of drug-likeness (QED) is 0.321. The zero-order chi connectivity index (χ0) is 26.1. The fraction of sp³-hybridized carbons (Fsp3) is 0.240. The number of rotatable bonds is 9. The first kappa shape index (κ1) is 24.6. The van der Waals surface area contributed by atoms with Crippen LogP contribution < -0.4 is 15.8 Å². The van der Waals surface area contributed by atoms with Crippen LogP contribution in [-0.2, 0) is 6.54 Å². The van der Waals surface area contributed by atoms with E-state index in [0.29, 0.717) is 28.8 Å². The molecular weight excluding hydrogens is 504 g/mol. The Bertz CT molecular complexity index is 1470. The molecule has 1 saturated carbocycles. The number of carbonyl (C=O) groups is 1. The monoisotopic (exact) mass is 525 g/mol. The second-order valence-corrected chi connectivity index (χ2v) is 8.83. The minimum atomic E-state index is -0.733. The van der Waals surface area contributed by atoms with Crippen molar-refractivity contribution in [1.82, 2.24) is 24.7 Å². The number of aromatic nitrogens is 5. The van der Waals surface area contributed by atoms with Crippen LogP contribution in [0.25, 0.3) is 11.5 Å². The predicted molar refractivity (Wildman–Crippen MR) is 133 cm³/mol. The molecular formula is C25H22ClF2N7O2. The first-order valence-corrected chi connectivity index (χ1v) is 11.9. The summed E-state index contributed by atoms with van der Waals surface area (Å²) >= 11 is 6.73. The minimum Gasteiger partial charge on any atom is -0.494 e. The first-order chi connectivity index (χ1) is 17.9. The Balaban J connectivity index is 1.49. The molecule has 1 aliphatic carbocycles. The van der Waals surface area contributed by atoms with Gasteiger partial charge in [0, 0.05) is 42.2 Å². The summed E-state index contributed by atoms with van der Waals surface area (Å²) in [6.45, 7) is 1.87. The molecule has 12 heteroatoms. The Morgan fingerprint density at radius 3 is 2.68 bits per heavy atom. The summed E-state index contributed by atoms with van der Waals surface area (Å²) < 4.78 is 36.3. The molecule has 0 atom stereocenters. The van der Waals surface area contributed by atoms with Gasteiger partial charge in [-0.2, -0.15) is 5.10 Å². The Hall–Kier alpha value is -4.12. The molecule has 0 bridgehead atoms. The predicted octanol–water partition coefficient (Wildman–Crippen LogP) is 4.83. The lowest BCUT2D eigenvalue weighted by Gasteiger charge is -2.11. The van der Waals surface area contributed by atoms with Crippen LogP contribution in [0.5, 0.6) is 5.75 Å². The highest BCUT2D eigenvalue weighted by Crippen LogP contribution is 2.46. The van der Waals surface area contributed by atoms with E-state index in [9.17, 15) is 13.6 Å². The van der Waals surface area contributed by atoms with E-state index >= 15 is 0 Å². The average molecular weight is 526 g/mol. The third-order valence-electron chi connectivity index (χ3n) is 5.85. The van der Waals surface area contributed by atoms with Gasteiger partial charge in [-0.15, -0.1) is 0 Å². The Morgan fingerprint density at radius 1 is 1.24 bits per heavy atom. The second kappa shape index (κ2) is 10.1. The molecule has 3 heterocycles. The maximum absolute atomic E-state index is 14.8. The van der Waals surface area contributed by atoms with Crippen molar-refractivity contribution in [3.63, 3.8) is 0 Å². The normalized spacial score (nSPS) is 13.0. The highest BCUT2D eigenvalue weighted by molar-refractivity contribution is 6.33. The number of pyridine rings is 1. The van der Waals surface area contributed by atoms with Gasteiger partial charge in [0.1, 0.15) is 28.9 Å². The molecule has 1 fully saturated rings. The number of anilines is 2. The van der Waals surface area contributed by atoms with Crippen molar-refractivity contribution in [2.75, 3.05) is 11.9 Å². The zero-order valence-corrected chi connectivity index (χ0v) is 20.5. The van der Waals surface area contributed by atoms with Crippen LogP contribution in [0.2, 0.25) is 5.02 Å². The van der Waals surface area contributed by atoms with E-state index < -0.39 is 17.5 Å². The van der Waals surface area contributed by atoms with E-state index in [1.807, 2.05) is 0 Å². The molecule has 0 radical (unpaired) electrons. The summed E-state index contributed by atoms with van der Waals surface area (Å²) in [6, 6.07) is 5.51. The lowest BCUT2D eigenvalue weighted by atomic mass is 10.1. The van der Waals surface area contributed by atoms with Gasteiger partial charge in [-0.25, -0.2) is 18.7 Å². The largest absolute Gasteiger partial charge is 0.494 e. The van der Waals surface area contributed by atoms with Crippen molar-refractivity contribution in [2.45, 2.75) is 32.2 Å². The Morgan fingerprint density at radius 2 is 2.00 bits per heavy atom. The molecule has 0 spiro atoms. The number of nitrogens with zero attached hydrogens (tertiary/aromatic N) is 5. The molecule has 0 unspecified atom stereocenters. The number of nitrogens with one attached hydrogen (secondary N) is 1. The van der Waals surface area contributed by atoms with E-state index in [4.69, 9.17) is 22.1 Å². The van der Waals surface area contributed by atoms with Crippen molar-refractivity contribution in [2.24, 2.45) is 5.73 Å². The van der Waals surface area contributed by atoms with Gasteiger partial charge in [-0.3, -0.25) is 14.5 Å². The number of hydrogen-bond donors (Lipinski definition) is 2. The van der Waals surface area contributed by atoms with Gasteiger partial charge in [-0.1, -0.05) is 11.6 Å². The summed E-state index contributed by atoms with van der Waals surface area (Å²) in [5, 5.41) is 7.91. The first-order valence-electron chi connectivity index (χ1n) is 11.6. The standard InChI is InChI=1S/C25H22ClF2N7O2/c1-2-37-14-9-17(27)16(18(28)10-14)12-35-23(13-3-4-13)21(26)22(34-35)25-31-8-6-20(33-25)32-19-5-7-30-11-15(19)24(29)36/h5-11,13H,2-4,12H2,1H3,(H2,29,36)(H,30,31,32,33). The van der Waals surface area contributed by atoms with Gasteiger partial charge in [0.05, 0.1) is 35.1 Å². The maximum Gasteiger partial charge on any atom is 0.252 e. The second-order valence-electron chi connectivity index (χ2n) is 8.45. The number of halogens is 3. The Labute approximate surface area is 215 Å². The Kier molecular flexibility index (Phi) is 6.70. The topological polar surface area (TPSA) is 121 Å². The molecule has 1 aromatic carbocycles. The van der Waals surface area contributed by atoms with Crippen molar-refractivity contribution >= 4 is 29.0 Å². The van der Waals surface area contributed by atoms with Gasteiger partial charge in [0.2, 0.25) is 0 Å². The summed E-state index contributed by atoms with van der Waals surface area (Å²) in [4.78, 5) is 24.4. The maximum atomic E-state index is 14.8. The van der Waals surface area contributed by atoms with E-state index in [0.717, 1.165) is 25.0 Å². The van der Waals surface area contributed by atoms with Crippen LogP contribution in [-0.4, -0.2) is 37.2 Å². The summed E-state index contributed by atoms with van der Waals surface area (Å²) in [5.41, 5.74) is 6.85. The van der Waals surface area contributed by atoms with Crippen LogP contribution in [0.3, 0.4) is 0 Å². The smallest absolute Gasteiger partial charge is 0.252 e. The highest BCUT2D eigenvalue weighted by atomic mass is 35.5. The number of ether oxygens (including phenoxy) is 1. The third kappa shape index (κ3) is 5.08. The summed E-state index contributed by atoms with van der Waals surface area (Å²) in [7, 11) is 0. The van der Waals surface area contributed by atoms with Crippen LogP contribution in [0.4, 0.5) is 20.3 Å². The van der Waals surface area contributed by atoms with Crippen LogP contribution >= 0.6 is 11.6 Å². The third-order valence-corrected chi connectivity index (χ3v) is 6.22. The number of amides is 1. The van der Waals surface area contributed by atoms with Gasteiger partial charge in [0.15, 0.2) is 5.82 Å². The fourth-order valence-corrected chi connectivity index (χ4v) is 4.35. The van der Waals surface area contributed by atoms with Gasteiger partial charge < -0.3 is 15.8 Å². The minimum absolute atomic E-state index is 0.120. The van der Waals surface area contributed by atoms with Crippen molar-refractivity contribution in [3.05, 3.63) is 76.3 Å². The molecule has 190 valence electrons. The van der Waals surface area contributed by atoms with E-state index in [1.54, 1.807) is 19.1 Å². The molecule has 1 amide bonds. The molecule has 1 aliphatic rings. The number of benzene rings is 1.